The van der Waals surface area contributed by atoms with E-state index in [2.05, 4.69) is 5.32 Å². The predicted molar refractivity (Wildman–Crippen MR) is 72.3 cm³/mol. The van der Waals surface area contributed by atoms with Crippen LogP contribution in [0.4, 0.5) is 0 Å². The maximum Gasteiger partial charge on any atom is 0.240 e. The van der Waals surface area contributed by atoms with E-state index in [1.54, 1.807) is 4.90 Å². The Morgan fingerprint density at radius 2 is 2.00 bits per heavy atom. The van der Waals surface area contributed by atoms with Crippen LogP contribution in [0.1, 0.15) is 47.0 Å². The molecule has 0 radical (unpaired) electrons. The van der Waals surface area contributed by atoms with Gasteiger partial charge in [0, 0.05) is 18.5 Å². The van der Waals surface area contributed by atoms with Crippen LogP contribution in [0.15, 0.2) is 0 Å². The van der Waals surface area contributed by atoms with Gasteiger partial charge < -0.3 is 10.2 Å². The first-order chi connectivity index (χ1) is 8.41. The van der Waals surface area contributed by atoms with Crippen LogP contribution in [-0.4, -0.2) is 41.8 Å². The molecule has 0 aliphatic carbocycles. The van der Waals surface area contributed by atoms with Crippen molar-refractivity contribution in [1.82, 2.24) is 10.2 Å². The Bertz CT molecular complexity index is 300. The van der Waals surface area contributed by atoms with Crippen LogP contribution in [0.25, 0.3) is 0 Å². The van der Waals surface area contributed by atoms with Crippen molar-refractivity contribution >= 4 is 11.7 Å². The molecule has 1 unspecified atom stereocenters. The van der Waals surface area contributed by atoms with Crippen molar-refractivity contribution in [2.45, 2.75) is 59.0 Å². The number of hydrogen-bond acceptors (Lipinski definition) is 3. The summed E-state index contributed by atoms with van der Waals surface area (Å²) in [5.74, 6) is 0.237. The van der Waals surface area contributed by atoms with Gasteiger partial charge in [-0.1, -0.05) is 27.7 Å². The number of amides is 1. The molecule has 0 aromatic heterocycles. The number of nitrogens with zero attached hydrogens (tertiary/aromatic N) is 1. The quantitative estimate of drug-likeness (QED) is 0.810. The number of carbonyl (C=O) groups is 2. The van der Waals surface area contributed by atoms with E-state index in [0.717, 1.165) is 19.3 Å². The normalized spacial score (nSPS) is 21.6. The zero-order valence-corrected chi connectivity index (χ0v) is 12.0. The van der Waals surface area contributed by atoms with Crippen molar-refractivity contribution in [3.05, 3.63) is 0 Å². The van der Waals surface area contributed by atoms with Crippen molar-refractivity contribution in [3.63, 3.8) is 0 Å². The molecule has 1 aliphatic heterocycles. The van der Waals surface area contributed by atoms with E-state index in [9.17, 15) is 9.59 Å². The minimum atomic E-state index is -0.118. The first-order valence-electron chi connectivity index (χ1n) is 6.99. The second-order valence-electron chi connectivity index (χ2n) is 5.75. The van der Waals surface area contributed by atoms with E-state index in [-0.39, 0.29) is 30.2 Å². The van der Waals surface area contributed by atoms with Gasteiger partial charge in [-0.25, -0.2) is 0 Å². The Labute approximate surface area is 110 Å². The lowest BCUT2D eigenvalue weighted by atomic mass is 10.1. The summed E-state index contributed by atoms with van der Waals surface area (Å²) in [4.78, 5) is 25.9. The molecule has 4 heteroatoms. The maximum atomic E-state index is 12.4. The van der Waals surface area contributed by atoms with Crippen molar-refractivity contribution in [3.8, 4) is 0 Å². The minimum absolute atomic E-state index is 0.00226. The predicted octanol–water partition coefficient (Wildman–Crippen LogP) is 1.59. The molecule has 0 aromatic rings. The average Bonchev–Trinajstić information content (AvgIpc) is 2.43. The Kier molecular flexibility index (Phi) is 5.79. The largest absolute Gasteiger partial charge is 0.334 e. The van der Waals surface area contributed by atoms with Crippen molar-refractivity contribution < 1.29 is 9.59 Å². The smallest absolute Gasteiger partial charge is 0.240 e. The second-order valence-corrected chi connectivity index (χ2v) is 5.75. The number of likely N-dealkylation sites (tertiary alicyclic amines) is 1. The Morgan fingerprint density at radius 1 is 1.33 bits per heavy atom. The molecule has 1 fully saturated rings. The van der Waals surface area contributed by atoms with Gasteiger partial charge in [-0.3, -0.25) is 9.59 Å². The van der Waals surface area contributed by atoms with Gasteiger partial charge >= 0.3 is 0 Å². The van der Waals surface area contributed by atoms with E-state index in [1.807, 2.05) is 27.7 Å². The number of ketones is 1. The molecule has 1 saturated heterocycles. The highest BCUT2D eigenvalue weighted by molar-refractivity contribution is 5.89. The van der Waals surface area contributed by atoms with Gasteiger partial charge in [0.1, 0.15) is 0 Å². The first-order valence-corrected chi connectivity index (χ1v) is 6.99. The van der Waals surface area contributed by atoms with Gasteiger partial charge in [0.2, 0.25) is 5.91 Å². The summed E-state index contributed by atoms with van der Waals surface area (Å²) in [6, 6.07) is 0.173. The lowest BCUT2D eigenvalue weighted by Gasteiger charge is -2.26. The van der Waals surface area contributed by atoms with Crippen molar-refractivity contribution in [1.29, 1.82) is 0 Å². The highest BCUT2D eigenvalue weighted by Gasteiger charge is 2.28. The Balaban J connectivity index is 2.66. The van der Waals surface area contributed by atoms with Crippen LogP contribution < -0.4 is 5.32 Å². The highest BCUT2D eigenvalue weighted by atomic mass is 16.2. The van der Waals surface area contributed by atoms with E-state index in [4.69, 9.17) is 0 Å². The molecule has 104 valence electrons. The van der Waals surface area contributed by atoms with Crippen molar-refractivity contribution in [2.75, 3.05) is 13.1 Å². The summed E-state index contributed by atoms with van der Waals surface area (Å²) in [7, 11) is 0. The standard InChI is InChI=1S/C14H26N2O2/c1-10(2)13(17)9-16-8-6-5-7-12(14(16)18)15-11(3)4/h10-12,15H,5-9H2,1-4H3. The van der Waals surface area contributed by atoms with E-state index < -0.39 is 0 Å². The van der Waals surface area contributed by atoms with E-state index in [1.165, 1.54) is 0 Å². The number of rotatable bonds is 5. The van der Waals surface area contributed by atoms with E-state index >= 15 is 0 Å². The molecule has 1 N–H and O–H groups in total. The monoisotopic (exact) mass is 254 g/mol. The number of carbonyl (C=O) groups excluding carboxylic acids is 2. The van der Waals surface area contributed by atoms with Gasteiger partial charge in [0.15, 0.2) is 5.78 Å². The molecule has 1 rings (SSSR count). The molecule has 1 heterocycles. The summed E-state index contributed by atoms with van der Waals surface area (Å²) >= 11 is 0. The second kappa shape index (κ2) is 6.88. The third-order valence-corrected chi connectivity index (χ3v) is 3.31. The van der Waals surface area contributed by atoms with Crippen LogP contribution in [0.2, 0.25) is 0 Å². The molecule has 0 saturated carbocycles. The summed E-state index contributed by atoms with van der Waals surface area (Å²) < 4.78 is 0. The summed E-state index contributed by atoms with van der Waals surface area (Å²) in [5.41, 5.74) is 0. The lowest BCUT2D eigenvalue weighted by molar-refractivity contribution is -0.137. The van der Waals surface area contributed by atoms with Crippen LogP contribution in [0.5, 0.6) is 0 Å². The Hall–Kier alpha value is -0.900. The fourth-order valence-electron chi connectivity index (χ4n) is 2.19. The highest BCUT2D eigenvalue weighted by Crippen LogP contribution is 2.13. The topological polar surface area (TPSA) is 49.4 Å². The molecular formula is C14H26N2O2. The first kappa shape index (κ1) is 15.2. The zero-order chi connectivity index (χ0) is 13.7. The van der Waals surface area contributed by atoms with Gasteiger partial charge in [0.25, 0.3) is 0 Å². The zero-order valence-electron chi connectivity index (χ0n) is 12.0. The molecule has 0 spiro atoms. The third-order valence-electron chi connectivity index (χ3n) is 3.31. The molecule has 0 bridgehead atoms. The molecule has 0 aromatic carbocycles. The molecule has 4 nitrogen and oxygen atoms in total. The van der Waals surface area contributed by atoms with Gasteiger partial charge in [-0.2, -0.15) is 0 Å². The molecule has 1 amide bonds. The average molecular weight is 254 g/mol. The SMILES string of the molecule is CC(C)NC1CCCCN(CC(=O)C(C)C)C1=O. The fraction of sp³-hybridized carbons (Fsp3) is 0.857. The molecule has 1 aliphatic rings. The molecule has 18 heavy (non-hydrogen) atoms. The Morgan fingerprint density at radius 3 is 2.56 bits per heavy atom. The van der Waals surface area contributed by atoms with Gasteiger partial charge in [0.05, 0.1) is 12.6 Å². The summed E-state index contributed by atoms with van der Waals surface area (Å²) in [5, 5.41) is 3.30. The van der Waals surface area contributed by atoms with Crippen molar-refractivity contribution in [2.24, 2.45) is 5.92 Å². The van der Waals surface area contributed by atoms with Gasteiger partial charge in [-0.15, -0.1) is 0 Å². The maximum absolute atomic E-state index is 12.4. The lowest BCUT2D eigenvalue weighted by Crippen LogP contribution is -2.49. The number of Topliss-reactive ketones (excluding diaryl/α,β-unsaturated/α-hetero) is 1. The molecule has 1 atom stereocenters. The summed E-state index contributed by atoms with van der Waals surface area (Å²) in [6.07, 6.45) is 2.92. The van der Waals surface area contributed by atoms with Crippen LogP contribution in [0, 0.1) is 5.92 Å². The molecular weight excluding hydrogens is 228 g/mol. The van der Waals surface area contributed by atoms with Crippen LogP contribution >= 0.6 is 0 Å². The van der Waals surface area contributed by atoms with Crippen LogP contribution in [-0.2, 0) is 9.59 Å². The number of hydrogen-bond donors (Lipinski definition) is 1. The number of nitrogens with one attached hydrogen (secondary N) is 1. The van der Waals surface area contributed by atoms with E-state index in [0.29, 0.717) is 12.6 Å². The minimum Gasteiger partial charge on any atom is -0.334 e. The van der Waals surface area contributed by atoms with Crippen LogP contribution in [0.3, 0.4) is 0 Å². The third kappa shape index (κ3) is 4.41. The summed E-state index contributed by atoms with van der Waals surface area (Å²) in [6.45, 7) is 8.84. The van der Waals surface area contributed by atoms with Gasteiger partial charge in [-0.05, 0) is 19.3 Å². The fourth-order valence-corrected chi connectivity index (χ4v) is 2.19.